The molecule has 5 nitrogen and oxygen atoms in total. The van der Waals surface area contributed by atoms with E-state index in [1.807, 2.05) is 0 Å². The Morgan fingerprint density at radius 1 is 1.08 bits per heavy atom. The Hall–Kier alpha value is -2.80. The van der Waals surface area contributed by atoms with E-state index in [-0.39, 0.29) is 17.9 Å². The third-order valence-electron chi connectivity index (χ3n) is 3.92. The lowest BCUT2D eigenvalue weighted by atomic mass is 10.2. The first-order valence-electron chi connectivity index (χ1n) is 8.36. The van der Waals surface area contributed by atoms with Crippen molar-refractivity contribution in [2.45, 2.75) is 18.9 Å². The Morgan fingerprint density at radius 3 is 2.35 bits per heavy atom. The van der Waals surface area contributed by atoms with Crippen LogP contribution < -0.4 is 10.6 Å². The van der Waals surface area contributed by atoms with E-state index in [4.69, 9.17) is 4.74 Å². The molecule has 1 aliphatic heterocycles. The number of carbonyl (C=O) groups excluding carboxylic acids is 1. The summed E-state index contributed by atoms with van der Waals surface area (Å²) in [5, 5.41) is 5.63. The lowest BCUT2D eigenvalue weighted by Gasteiger charge is -2.13. The summed E-state index contributed by atoms with van der Waals surface area (Å²) in [4.78, 5) is 16.7. The van der Waals surface area contributed by atoms with Crippen LogP contribution in [0.5, 0.6) is 0 Å². The van der Waals surface area contributed by atoms with Crippen LogP contribution in [0.25, 0.3) is 0 Å². The Kier molecular flexibility index (Phi) is 5.91. The van der Waals surface area contributed by atoms with Gasteiger partial charge in [0.2, 0.25) is 5.96 Å². The zero-order valence-electron chi connectivity index (χ0n) is 14.0. The van der Waals surface area contributed by atoms with Crippen molar-refractivity contribution in [1.82, 2.24) is 5.32 Å². The lowest BCUT2D eigenvalue weighted by molar-refractivity contribution is 0.0975. The van der Waals surface area contributed by atoms with Crippen LogP contribution in [-0.2, 0) is 4.74 Å². The van der Waals surface area contributed by atoms with Crippen molar-refractivity contribution in [3.63, 3.8) is 0 Å². The van der Waals surface area contributed by atoms with Crippen LogP contribution in [-0.4, -0.2) is 31.1 Å². The fourth-order valence-corrected chi connectivity index (χ4v) is 2.54. The highest BCUT2D eigenvalue weighted by Gasteiger charge is 2.16. The molecule has 136 valence electrons. The highest BCUT2D eigenvalue weighted by atomic mass is 19.1. The maximum Gasteiger partial charge on any atom is 0.257 e. The summed E-state index contributed by atoms with van der Waals surface area (Å²) in [5.74, 6) is -0.978. The molecule has 1 aliphatic rings. The van der Waals surface area contributed by atoms with E-state index in [0.717, 1.165) is 12.8 Å². The van der Waals surface area contributed by atoms with Crippen LogP contribution in [0.4, 0.5) is 14.5 Å². The monoisotopic (exact) mass is 359 g/mol. The first-order valence-corrected chi connectivity index (χ1v) is 8.36. The largest absolute Gasteiger partial charge is 0.376 e. The minimum atomic E-state index is -0.425. The second kappa shape index (κ2) is 8.53. The molecule has 3 rings (SSSR count). The lowest BCUT2D eigenvalue weighted by Crippen LogP contribution is -2.36. The van der Waals surface area contributed by atoms with Crippen molar-refractivity contribution < 1.29 is 18.3 Å². The molecule has 1 amide bonds. The Morgan fingerprint density at radius 2 is 1.73 bits per heavy atom. The Labute approximate surface area is 150 Å². The molecule has 2 aromatic rings. The fraction of sp³-hybridized carbons (Fsp3) is 0.263. The first kappa shape index (κ1) is 18.0. The van der Waals surface area contributed by atoms with E-state index in [1.54, 1.807) is 12.1 Å². The molecule has 0 radical (unpaired) electrons. The number of amides is 1. The fourth-order valence-electron chi connectivity index (χ4n) is 2.54. The number of hydrogen-bond donors (Lipinski definition) is 2. The van der Waals surface area contributed by atoms with Gasteiger partial charge in [-0.25, -0.2) is 13.8 Å². The molecule has 0 spiro atoms. The molecule has 0 bridgehead atoms. The predicted octanol–water partition coefficient (Wildman–Crippen LogP) is 3.34. The number of guanidine groups is 1. The number of benzene rings is 2. The van der Waals surface area contributed by atoms with E-state index in [2.05, 4.69) is 15.6 Å². The van der Waals surface area contributed by atoms with Gasteiger partial charge < -0.3 is 10.1 Å². The number of nitrogens with one attached hydrogen (secondary N) is 2. The van der Waals surface area contributed by atoms with Crippen molar-refractivity contribution in [3.05, 3.63) is 65.7 Å². The molecule has 1 heterocycles. The zero-order valence-corrected chi connectivity index (χ0v) is 14.0. The summed E-state index contributed by atoms with van der Waals surface area (Å²) in [7, 11) is 0. The van der Waals surface area contributed by atoms with E-state index >= 15 is 0 Å². The van der Waals surface area contributed by atoms with Gasteiger partial charge in [-0.05, 0) is 61.4 Å². The van der Waals surface area contributed by atoms with Crippen LogP contribution in [0.3, 0.4) is 0 Å². The smallest absolute Gasteiger partial charge is 0.257 e. The summed E-state index contributed by atoms with van der Waals surface area (Å²) >= 11 is 0. The van der Waals surface area contributed by atoms with Crippen molar-refractivity contribution in [3.8, 4) is 0 Å². The number of hydrogen-bond acceptors (Lipinski definition) is 3. The SMILES string of the molecule is O=C(NC(=NCC1CCCO1)Nc1ccc(F)cc1)c1ccc(F)cc1. The molecule has 0 saturated carbocycles. The third-order valence-corrected chi connectivity index (χ3v) is 3.92. The van der Waals surface area contributed by atoms with Crippen molar-refractivity contribution in [2.75, 3.05) is 18.5 Å². The number of anilines is 1. The quantitative estimate of drug-likeness (QED) is 0.650. The van der Waals surface area contributed by atoms with Gasteiger partial charge in [-0.1, -0.05) is 0 Å². The normalized spacial score (nSPS) is 17.2. The molecule has 0 aliphatic carbocycles. The van der Waals surface area contributed by atoms with E-state index in [0.29, 0.717) is 24.4 Å². The average molecular weight is 359 g/mol. The van der Waals surface area contributed by atoms with Gasteiger partial charge in [0.1, 0.15) is 11.6 Å². The summed E-state index contributed by atoms with van der Waals surface area (Å²) in [6, 6.07) is 10.9. The molecular formula is C19H19F2N3O2. The number of ether oxygens (including phenoxy) is 1. The van der Waals surface area contributed by atoms with Gasteiger partial charge in [-0.2, -0.15) is 0 Å². The molecular weight excluding hydrogens is 340 g/mol. The molecule has 1 saturated heterocycles. The number of rotatable bonds is 4. The van der Waals surface area contributed by atoms with Crippen molar-refractivity contribution in [1.29, 1.82) is 0 Å². The summed E-state index contributed by atoms with van der Waals surface area (Å²) in [6.07, 6.45) is 1.92. The number of nitrogens with zero attached hydrogens (tertiary/aromatic N) is 1. The second-order valence-corrected chi connectivity index (χ2v) is 5.92. The Bertz CT molecular complexity index is 770. The van der Waals surface area contributed by atoms with Crippen LogP contribution in [0.2, 0.25) is 0 Å². The minimum absolute atomic E-state index is 0.0164. The van der Waals surface area contributed by atoms with Gasteiger partial charge in [-0.15, -0.1) is 0 Å². The molecule has 1 atom stereocenters. The summed E-state index contributed by atoms with van der Waals surface area (Å²) < 4.78 is 31.6. The summed E-state index contributed by atoms with van der Waals surface area (Å²) in [5.41, 5.74) is 0.883. The molecule has 1 fully saturated rings. The van der Waals surface area contributed by atoms with Crippen LogP contribution in [0.15, 0.2) is 53.5 Å². The molecule has 0 aromatic heterocycles. The predicted molar refractivity (Wildman–Crippen MR) is 95.2 cm³/mol. The van der Waals surface area contributed by atoms with Gasteiger partial charge in [0.05, 0.1) is 12.6 Å². The molecule has 7 heteroatoms. The van der Waals surface area contributed by atoms with Crippen molar-refractivity contribution >= 4 is 17.6 Å². The number of carbonyl (C=O) groups is 1. The first-order chi connectivity index (χ1) is 12.6. The maximum atomic E-state index is 13.1. The van der Waals surface area contributed by atoms with E-state index < -0.39 is 11.7 Å². The third kappa shape index (κ3) is 5.10. The minimum Gasteiger partial charge on any atom is -0.376 e. The number of halogens is 2. The van der Waals surface area contributed by atoms with Gasteiger partial charge in [-0.3, -0.25) is 10.1 Å². The molecule has 1 unspecified atom stereocenters. The van der Waals surface area contributed by atoms with Gasteiger partial charge >= 0.3 is 0 Å². The van der Waals surface area contributed by atoms with E-state index in [9.17, 15) is 13.6 Å². The highest BCUT2D eigenvalue weighted by Crippen LogP contribution is 2.13. The molecule has 2 aromatic carbocycles. The second-order valence-electron chi connectivity index (χ2n) is 5.92. The maximum absolute atomic E-state index is 13.1. The van der Waals surface area contributed by atoms with Crippen LogP contribution in [0, 0.1) is 11.6 Å². The Balaban J connectivity index is 1.72. The van der Waals surface area contributed by atoms with E-state index in [1.165, 1.54) is 36.4 Å². The van der Waals surface area contributed by atoms with Crippen LogP contribution >= 0.6 is 0 Å². The molecule has 26 heavy (non-hydrogen) atoms. The van der Waals surface area contributed by atoms with Crippen molar-refractivity contribution in [2.24, 2.45) is 4.99 Å². The highest BCUT2D eigenvalue weighted by molar-refractivity contribution is 6.09. The van der Waals surface area contributed by atoms with Gasteiger partial charge in [0.25, 0.3) is 5.91 Å². The van der Waals surface area contributed by atoms with Gasteiger partial charge in [0, 0.05) is 17.9 Å². The molecule has 2 N–H and O–H groups in total. The standard InChI is InChI=1S/C19H19F2N3O2/c20-14-5-3-13(4-6-14)18(25)24-19(22-12-17-2-1-11-26-17)23-16-9-7-15(21)8-10-16/h3-10,17H,1-2,11-12H2,(H2,22,23,24,25). The van der Waals surface area contributed by atoms with Crippen LogP contribution in [0.1, 0.15) is 23.2 Å². The summed E-state index contributed by atoms with van der Waals surface area (Å²) in [6.45, 7) is 1.11. The zero-order chi connectivity index (χ0) is 18.4. The average Bonchev–Trinajstić information content (AvgIpc) is 3.15. The number of aliphatic imine (C=N–C) groups is 1. The topological polar surface area (TPSA) is 62.7 Å². The van der Waals surface area contributed by atoms with Gasteiger partial charge in [0.15, 0.2) is 0 Å².